The summed E-state index contributed by atoms with van der Waals surface area (Å²) in [6.07, 6.45) is -7.34. The molecule has 9 rings (SSSR count). The van der Waals surface area contributed by atoms with E-state index in [4.69, 9.17) is 11.5 Å². The van der Waals surface area contributed by atoms with E-state index in [1.54, 1.807) is 91.9 Å². The number of nitrogens with two attached hydrogens (primary N) is 2. The van der Waals surface area contributed by atoms with Gasteiger partial charge in [0.15, 0.2) is 17.5 Å². The molecule has 19 N–H and O–H groups in total. The zero-order valence-corrected chi connectivity index (χ0v) is 76.1. The summed E-state index contributed by atoms with van der Waals surface area (Å²) in [5.74, 6) is -27.3. The van der Waals surface area contributed by atoms with Gasteiger partial charge >= 0.3 is 11.9 Å². The van der Waals surface area contributed by atoms with Crippen molar-refractivity contribution in [2.24, 2.45) is 17.4 Å². The number of hydrogen-bond donors (Lipinski definition) is 17. The van der Waals surface area contributed by atoms with Crippen molar-refractivity contribution >= 4 is 123 Å². The lowest BCUT2D eigenvalue weighted by Crippen LogP contribution is -2.62. The molecular formula is C92H116F3N17O22S. The molecule has 3 aliphatic rings. The van der Waals surface area contributed by atoms with Gasteiger partial charge in [0.1, 0.15) is 84.3 Å². The monoisotopic (exact) mass is 1900 g/mol. The van der Waals surface area contributed by atoms with Gasteiger partial charge in [-0.3, -0.25) is 81.5 Å². The smallest absolute Gasteiger partial charge is 0.305 e. The van der Waals surface area contributed by atoms with Crippen LogP contribution in [-0.2, 0) is 114 Å². The summed E-state index contributed by atoms with van der Waals surface area (Å²) in [6, 6.07) is 6.49. The van der Waals surface area contributed by atoms with Gasteiger partial charge in [-0.1, -0.05) is 125 Å². The third-order valence-electron chi connectivity index (χ3n) is 23.7. The minimum absolute atomic E-state index is 0.00873. The van der Waals surface area contributed by atoms with E-state index in [0.717, 1.165) is 31.5 Å². The fraction of sp³-hybridized carbons (Fsp3) is 0.467. The second-order valence-corrected chi connectivity index (χ2v) is 35.1. The molecule has 43 heteroatoms. The van der Waals surface area contributed by atoms with E-state index in [1.165, 1.54) is 58.4 Å². The highest BCUT2D eigenvalue weighted by Crippen LogP contribution is 2.29. The number of carbonyl (C=O) groups is 17. The van der Waals surface area contributed by atoms with Crippen LogP contribution >= 0.6 is 11.8 Å². The number of rotatable bonds is 25. The molecule has 0 radical (unpaired) electrons. The Labute approximate surface area is 779 Å². The van der Waals surface area contributed by atoms with Crippen molar-refractivity contribution in [2.75, 3.05) is 58.8 Å². The number of aliphatic hydroxyl groups excluding tert-OH is 2. The second kappa shape index (κ2) is 49.4. The Hall–Kier alpha value is -13.6. The highest BCUT2D eigenvalue weighted by atomic mass is 32.2. The van der Waals surface area contributed by atoms with E-state index in [-0.39, 0.29) is 57.2 Å². The van der Waals surface area contributed by atoms with Crippen LogP contribution in [0, 0.1) is 23.4 Å². The highest BCUT2D eigenvalue weighted by molar-refractivity contribution is 8.00. The molecule has 0 unspecified atom stereocenters. The number of H-pyrrole nitrogens is 1. The zero-order valence-electron chi connectivity index (χ0n) is 75.3. The van der Waals surface area contributed by atoms with E-state index in [2.05, 4.69) is 52.8 Å². The zero-order chi connectivity index (χ0) is 98.8. The number of halogens is 3. The molecule has 0 spiro atoms. The van der Waals surface area contributed by atoms with Gasteiger partial charge in [-0.15, -0.1) is 11.8 Å². The predicted molar refractivity (Wildman–Crippen MR) is 483 cm³/mol. The van der Waals surface area contributed by atoms with Crippen LogP contribution in [0.4, 0.5) is 13.2 Å². The van der Waals surface area contributed by atoms with Crippen molar-refractivity contribution in [3.63, 3.8) is 0 Å². The normalized spacial score (nSPS) is 24.5. The summed E-state index contributed by atoms with van der Waals surface area (Å²) >= 11 is 0.624. The molecule has 728 valence electrons. The van der Waals surface area contributed by atoms with Crippen LogP contribution < -0.4 is 59.3 Å². The van der Waals surface area contributed by atoms with Gasteiger partial charge in [-0.05, 0) is 96.3 Å². The van der Waals surface area contributed by atoms with Gasteiger partial charge in [0, 0.05) is 108 Å². The maximum Gasteiger partial charge on any atom is 0.305 e. The predicted octanol–water partition coefficient (Wildman–Crippen LogP) is -0.640. The number of benzene rings is 5. The molecule has 1 aromatic heterocycles. The number of carboxylic acids is 2. The molecule has 3 aliphatic heterocycles. The number of hydrogen-bond acceptors (Lipinski definition) is 22. The van der Waals surface area contributed by atoms with Crippen molar-refractivity contribution < 1.29 is 120 Å². The molecule has 0 saturated carbocycles. The maximum absolute atomic E-state index is 15.7. The van der Waals surface area contributed by atoms with E-state index in [0.29, 0.717) is 63.5 Å². The van der Waals surface area contributed by atoms with Gasteiger partial charge in [0.2, 0.25) is 88.6 Å². The summed E-state index contributed by atoms with van der Waals surface area (Å²) in [4.78, 5) is 257. The first-order valence-corrected chi connectivity index (χ1v) is 45.3. The lowest BCUT2D eigenvalue weighted by Gasteiger charge is -2.38. The number of carboxylic acid groups (broad SMARTS) is 2. The molecule has 15 atom stereocenters. The summed E-state index contributed by atoms with van der Waals surface area (Å²) < 4.78 is 45.1. The largest absolute Gasteiger partial charge is 0.508 e. The average molecular weight is 1900 g/mol. The quantitative estimate of drug-likeness (QED) is 0.0317. The molecule has 39 nitrogen and oxygen atoms in total. The van der Waals surface area contributed by atoms with Crippen molar-refractivity contribution in [1.82, 2.24) is 77.3 Å². The van der Waals surface area contributed by atoms with Crippen LogP contribution in [0.1, 0.15) is 113 Å². The first-order chi connectivity index (χ1) is 64.1. The maximum atomic E-state index is 15.7. The molecule has 3 fully saturated rings. The highest BCUT2D eigenvalue weighted by Gasteiger charge is 2.48. The summed E-state index contributed by atoms with van der Waals surface area (Å²) in [5.41, 5.74) is 13.1. The van der Waals surface area contributed by atoms with Crippen LogP contribution in [0.15, 0.2) is 128 Å². The van der Waals surface area contributed by atoms with Crippen molar-refractivity contribution in [3.05, 3.63) is 173 Å². The number of phenols is 1. The van der Waals surface area contributed by atoms with E-state index >= 15 is 51.9 Å². The number of aliphatic hydroxyl groups is 2. The van der Waals surface area contributed by atoms with Crippen LogP contribution in [0.2, 0.25) is 0 Å². The second-order valence-electron chi connectivity index (χ2n) is 34.1. The summed E-state index contributed by atoms with van der Waals surface area (Å²) in [7, 11) is 3.53. The van der Waals surface area contributed by atoms with Crippen LogP contribution in [0.3, 0.4) is 0 Å². The first kappa shape index (κ1) is 105. The Morgan fingerprint density at radius 1 is 0.511 bits per heavy atom. The number of phenolic OH excluding ortho intramolecular Hbond substituents is 1. The molecule has 0 aliphatic carbocycles. The number of aromatic amines is 1. The standard InChI is InChI=1S/C92H116F3N17O22S/c1-7-8-25-69-91(133)112-46-57(115)41-72(112)87(129)105-66(42-77(120)121)84(126)107-79(49(2)3)92(134)109(5)70(37-50-18-11-9-12-19-50)85(127)102-63(30-31-76(118)119)89(131)111-45-56(114)40-71(111)86(128)104-65(39-54-43-98-61-23-16-15-22-58(54)61)83(125)103-64(35-52-26-28-55(113)29-27-52)82(124)101-62(24-17-32-96)81(123)106-68(80(122)99-44-74(97)116)47-135-48-75(117)100-67(36-53-33-59(93)78(95)60(94)34-53)88(130)110(6)73(90(132)108(69)4)38-51-20-13-10-14-21-51/h9-16,18-23,26-29,33-34,43,49,56-57,62-73,79,98,113-115H,7-8,17,24-25,30-32,35-42,44-48,96H2,1-6H3,(H2,97,116)(H,99,122)(H,100,117)(H,101,124)(H,102,127)(H,103,125)(H,104,128)(H,105,129)(H,106,123)(H,107,126)(H,118,119)(H,120,121)/t56-,57-,62+,63+,64+,65+,66+,67+,68+,69+,70+,71+,72-,73+,79+/m1/s1. The number of aliphatic carboxylic acids is 2. The number of fused-ring (bicyclic) bond motifs is 3. The number of likely N-dealkylation sites (N-methyl/N-ethyl adjacent to an activating group) is 3. The number of para-hydroxylation sites is 1. The number of aromatic hydroxyl groups is 1. The molecular weight excluding hydrogens is 1780 g/mol. The van der Waals surface area contributed by atoms with Gasteiger partial charge in [0.25, 0.3) is 0 Å². The van der Waals surface area contributed by atoms with E-state index in [1.807, 2.05) is 0 Å². The van der Waals surface area contributed by atoms with E-state index in [9.17, 15) is 68.3 Å². The fourth-order valence-electron chi connectivity index (χ4n) is 16.4. The minimum atomic E-state index is -2.08. The van der Waals surface area contributed by atoms with Gasteiger partial charge in [-0.25, -0.2) is 13.2 Å². The Morgan fingerprint density at radius 2 is 1.02 bits per heavy atom. The van der Waals surface area contributed by atoms with Crippen LogP contribution in [-0.4, -0.2) is 305 Å². The lowest BCUT2D eigenvalue weighted by atomic mass is 9.98. The number of primary amides is 1. The molecule has 135 heavy (non-hydrogen) atoms. The fourth-order valence-corrected chi connectivity index (χ4v) is 17.2. The third kappa shape index (κ3) is 29.2. The molecule has 15 amide bonds. The first-order valence-electron chi connectivity index (χ1n) is 44.2. The van der Waals surface area contributed by atoms with Gasteiger partial charge in [0.05, 0.1) is 30.9 Å². The molecule has 6 aromatic rings. The Morgan fingerprint density at radius 3 is 1.60 bits per heavy atom. The number of aromatic nitrogens is 1. The van der Waals surface area contributed by atoms with Gasteiger partial charge < -0.3 is 114 Å². The van der Waals surface area contributed by atoms with Gasteiger partial charge in [-0.2, -0.15) is 0 Å². The Bertz CT molecular complexity index is 5260. The summed E-state index contributed by atoms with van der Waals surface area (Å²) in [6.45, 7) is 2.58. The Kier molecular flexibility index (Phi) is 38.5. The van der Waals surface area contributed by atoms with Crippen molar-refractivity contribution in [2.45, 2.75) is 208 Å². The SMILES string of the molecule is CCCC[C@H]1C(=O)N2C[C@H](O)C[C@@H]2C(=O)N[C@@H](CC(=O)O)C(=O)N[C@@H](C(C)C)C(=O)N(C)[C@@H](Cc2ccccc2)C(=O)N[C@@H](CCC(=O)O)C(=O)N2C[C@H](O)C[C@H]2C(=O)N[C@@H](Cc2c[nH]c3ccccc23)C(=O)N[C@@H](Cc2ccc(O)cc2)C(=O)N[C@@H](CCCN)C(=O)N[C@H](C(=O)NCC(N)=O)CSCC(=O)N[C@@H](Cc2cc(F)c(F)c(F)c2)C(=O)N(C)[C@@H](Cc2ccccc2)C(=O)N1C. The number of amides is 15. The number of nitrogens with zero attached hydrogens (tertiary/aromatic N) is 5. The van der Waals surface area contributed by atoms with Crippen molar-refractivity contribution in [1.29, 1.82) is 0 Å². The summed E-state index contributed by atoms with van der Waals surface area (Å²) in [5, 5.41) is 77.1. The molecule has 0 bridgehead atoms. The molecule has 5 aromatic carbocycles. The Balaban J connectivity index is 1.14. The van der Waals surface area contributed by atoms with Crippen LogP contribution in [0.5, 0.6) is 5.75 Å². The molecule has 3 saturated heterocycles. The minimum Gasteiger partial charge on any atom is -0.508 e. The number of carbonyl (C=O) groups excluding carboxylic acids is 15. The van der Waals surface area contributed by atoms with Crippen molar-refractivity contribution in [3.8, 4) is 5.75 Å². The van der Waals surface area contributed by atoms with Crippen LogP contribution in [0.25, 0.3) is 10.9 Å². The number of thioether (sulfide) groups is 1. The van der Waals surface area contributed by atoms with E-state index < -0.39 is 296 Å². The topological polar surface area (TPSA) is 584 Å². The third-order valence-corrected chi connectivity index (χ3v) is 24.7. The number of unbranched alkanes of at least 4 members (excludes halogenated alkanes) is 1. The number of nitrogens with one attached hydrogen (secondary N) is 10. The lowest BCUT2D eigenvalue weighted by molar-refractivity contribution is -0.152. The molecule has 4 heterocycles. The average Bonchev–Trinajstić information content (AvgIpc) is 1.64.